The summed E-state index contributed by atoms with van der Waals surface area (Å²) in [6.07, 6.45) is 4.62. The predicted octanol–water partition coefficient (Wildman–Crippen LogP) is -1.05. The van der Waals surface area contributed by atoms with Crippen LogP contribution in [0.25, 0.3) is 10.9 Å². The molecule has 0 spiro atoms. The van der Waals surface area contributed by atoms with Crippen molar-refractivity contribution in [1.82, 2.24) is 58.2 Å². The fourth-order valence-electron chi connectivity index (χ4n) is 8.99. The van der Waals surface area contributed by atoms with Gasteiger partial charge < -0.3 is 84.3 Å². The maximum atomic E-state index is 14.2. The minimum atomic E-state index is -1.77. The standard InChI is InChI=1S/C58H96N12O15S/c1-13-32(9)46(56(82)65-42(51(77)68-45(28-73)58(84)85)24-35-25-60-38-18-16-15-17-36(35)38)69-53(79)41(23-31(7)8)64-54(80)43(26-71)66-55(81)44(27-72)67-57(83)47(33(10)14-2)70-52(78)40(22-30(5)6)63-50(76)39(21-29(3)4)62-48(74)34(11)61-49(75)37(59)19-20-86-12/h15-18,25,29-34,37,39-47,60,71-73H,13-14,19-24,26-28,59H2,1-12H3,(H,61,75)(H,62,74)(H,63,76)(H,64,80)(H,65,82)(H,66,81)(H,67,83)(H,68,77)(H,69,79)(H,70,78)(H,84,85)/t32-,33-,34-,37-,39-,40-,41-,42-,43-,44-,45-,46-,47-/m0/s1. The van der Waals surface area contributed by atoms with Gasteiger partial charge in [-0.05, 0) is 85.8 Å². The van der Waals surface area contributed by atoms with Crippen LogP contribution in [-0.4, -0.2) is 189 Å². The normalized spacial score (nSPS) is 16.0. The number of carboxylic acids is 1. The lowest BCUT2D eigenvalue weighted by Crippen LogP contribution is -2.62. The third kappa shape index (κ3) is 24.5. The fourth-order valence-corrected chi connectivity index (χ4v) is 9.48. The van der Waals surface area contributed by atoms with Crippen LogP contribution in [0.1, 0.15) is 120 Å². The van der Waals surface area contributed by atoms with Gasteiger partial charge in [-0.2, -0.15) is 11.8 Å². The lowest BCUT2D eigenvalue weighted by Gasteiger charge is -2.30. The largest absolute Gasteiger partial charge is 0.480 e. The number of benzene rings is 1. The molecule has 28 heteroatoms. The number of hydrogen-bond acceptors (Lipinski definition) is 16. The lowest BCUT2D eigenvalue weighted by molar-refractivity contribution is -0.143. The first-order valence-corrected chi connectivity index (χ1v) is 30.7. The summed E-state index contributed by atoms with van der Waals surface area (Å²) >= 11 is 1.52. The highest BCUT2D eigenvalue weighted by atomic mass is 32.2. The smallest absolute Gasteiger partial charge is 0.328 e. The molecular formula is C58H96N12O15S. The van der Waals surface area contributed by atoms with Gasteiger partial charge in [-0.1, -0.05) is 100 Å². The Balaban J connectivity index is 2.32. The van der Waals surface area contributed by atoms with Crippen LogP contribution in [0.5, 0.6) is 0 Å². The van der Waals surface area contributed by atoms with Crippen molar-refractivity contribution >= 4 is 87.7 Å². The van der Waals surface area contributed by atoms with E-state index in [1.54, 1.807) is 85.9 Å². The van der Waals surface area contributed by atoms with Crippen LogP contribution in [0.4, 0.5) is 0 Å². The van der Waals surface area contributed by atoms with E-state index in [1.807, 2.05) is 20.1 Å². The molecule has 13 atom stereocenters. The molecule has 1 heterocycles. The number of aromatic nitrogens is 1. The van der Waals surface area contributed by atoms with E-state index in [0.29, 0.717) is 30.6 Å². The van der Waals surface area contributed by atoms with E-state index < -0.39 is 163 Å². The number of nitrogens with two attached hydrogens (primary N) is 1. The second-order valence-electron chi connectivity index (χ2n) is 23.1. The second-order valence-corrected chi connectivity index (χ2v) is 24.1. The zero-order valence-corrected chi connectivity index (χ0v) is 52.5. The van der Waals surface area contributed by atoms with Crippen LogP contribution in [0.15, 0.2) is 30.5 Å². The van der Waals surface area contributed by atoms with Gasteiger partial charge in [0.05, 0.1) is 25.9 Å². The van der Waals surface area contributed by atoms with Crippen LogP contribution in [0.3, 0.4) is 0 Å². The van der Waals surface area contributed by atoms with Gasteiger partial charge >= 0.3 is 5.97 Å². The number of carbonyl (C=O) groups is 11. The number of aromatic amines is 1. The number of carboxylic acid groups (broad SMARTS) is 1. The Bertz CT molecular complexity index is 2590. The summed E-state index contributed by atoms with van der Waals surface area (Å²) in [4.78, 5) is 153. The Morgan fingerprint density at radius 3 is 1.28 bits per heavy atom. The molecule has 0 saturated heterocycles. The summed E-state index contributed by atoms with van der Waals surface area (Å²) in [5, 5.41) is 66.2. The molecule has 0 unspecified atom stereocenters. The Labute approximate surface area is 507 Å². The van der Waals surface area contributed by atoms with E-state index in [9.17, 15) is 73.2 Å². The number of nitrogens with one attached hydrogen (secondary N) is 11. The predicted molar refractivity (Wildman–Crippen MR) is 324 cm³/mol. The van der Waals surface area contributed by atoms with Crippen LogP contribution in [0.2, 0.25) is 0 Å². The van der Waals surface area contributed by atoms with Crippen LogP contribution < -0.4 is 58.9 Å². The highest BCUT2D eigenvalue weighted by Crippen LogP contribution is 2.21. The van der Waals surface area contributed by atoms with Gasteiger partial charge in [0.1, 0.15) is 60.4 Å². The number of amides is 10. The molecule has 0 aliphatic rings. The third-order valence-corrected chi connectivity index (χ3v) is 15.1. The quantitative estimate of drug-likeness (QED) is 0.0380. The highest BCUT2D eigenvalue weighted by Gasteiger charge is 2.38. The first-order chi connectivity index (χ1) is 40.5. The molecule has 86 heavy (non-hydrogen) atoms. The van der Waals surface area contributed by atoms with Crippen LogP contribution in [-0.2, 0) is 59.2 Å². The van der Waals surface area contributed by atoms with Crippen molar-refractivity contribution in [3.8, 4) is 0 Å². The van der Waals surface area contributed by atoms with Crippen molar-refractivity contribution in [3.63, 3.8) is 0 Å². The summed E-state index contributed by atoms with van der Waals surface area (Å²) in [7, 11) is 0. The van der Waals surface area contributed by atoms with Crippen molar-refractivity contribution in [2.45, 2.75) is 188 Å². The minimum absolute atomic E-state index is 0.0222. The van der Waals surface area contributed by atoms with Gasteiger partial charge in [-0.3, -0.25) is 47.9 Å². The van der Waals surface area contributed by atoms with Gasteiger partial charge in [0.25, 0.3) is 0 Å². The SMILES string of the molecule is CC[C@H](C)[C@H](NC(=O)[C@H](CC(C)C)NC(=O)[C@H](CO)NC(=O)[C@H](CO)NC(=O)[C@@H](NC(=O)[C@H](CC(C)C)NC(=O)[C@H](CC(C)C)NC(=O)[C@H](C)NC(=O)[C@@H](N)CCSC)[C@@H](C)CC)C(=O)N[C@@H](Cc1c[nH]c2ccccc12)C(=O)N[C@@H](CO)C(=O)O. The van der Waals surface area contributed by atoms with E-state index in [4.69, 9.17) is 5.73 Å². The molecule has 0 aliphatic carbocycles. The number of H-pyrrole nitrogens is 1. The zero-order chi connectivity index (χ0) is 65.1. The molecule has 10 amide bonds. The number of aliphatic carboxylic acids is 1. The van der Waals surface area contributed by atoms with Crippen molar-refractivity contribution in [2.75, 3.05) is 31.8 Å². The minimum Gasteiger partial charge on any atom is -0.480 e. The van der Waals surface area contributed by atoms with Crippen LogP contribution >= 0.6 is 11.8 Å². The summed E-state index contributed by atoms with van der Waals surface area (Å²) in [5.41, 5.74) is 7.29. The molecule has 0 fully saturated rings. The zero-order valence-electron chi connectivity index (χ0n) is 51.7. The molecule has 27 nitrogen and oxygen atoms in total. The molecule has 1 aromatic carbocycles. The molecule has 2 rings (SSSR count). The fraction of sp³-hybridized carbons (Fsp3) is 0.672. The highest BCUT2D eigenvalue weighted by molar-refractivity contribution is 7.98. The number of aliphatic hydroxyl groups is 3. The van der Waals surface area contributed by atoms with Gasteiger partial charge in [0.2, 0.25) is 59.1 Å². The number of hydrogen-bond donors (Lipinski definition) is 16. The van der Waals surface area contributed by atoms with Crippen molar-refractivity contribution < 1.29 is 73.2 Å². The molecule has 0 saturated carbocycles. The summed E-state index contributed by atoms with van der Waals surface area (Å²) < 4.78 is 0. The van der Waals surface area contributed by atoms with E-state index in [0.717, 1.165) is 10.9 Å². The monoisotopic (exact) mass is 1230 g/mol. The Kier molecular flexibility index (Phi) is 32.9. The number of para-hydroxylation sites is 1. The van der Waals surface area contributed by atoms with Gasteiger partial charge in [-0.15, -0.1) is 0 Å². The van der Waals surface area contributed by atoms with Crippen molar-refractivity contribution in [3.05, 3.63) is 36.0 Å². The number of fused-ring (bicyclic) bond motifs is 1. The Morgan fingerprint density at radius 1 is 0.488 bits per heavy atom. The summed E-state index contributed by atoms with van der Waals surface area (Å²) in [5.74, 6) is -11.1. The van der Waals surface area contributed by atoms with Gasteiger partial charge in [0, 0.05) is 23.5 Å². The molecule has 0 bridgehead atoms. The van der Waals surface area contributed by atoms with E-state index >= 15 is 0 Å². The van der Waals surface area contributed by atoms with E-state index in [1.165, 1.54) is 18.7 Å². The maximum absolute atomic E-state index is 14.2. The first kappa shape index (κ1) is 75.2. The average Bonchev–Trinajstić information content (AvgIpc) is 3.12. The molecule has 1 aromatic heterocycles. The Hall–Kier alpha value is -6.88. The molecule has 484 valence electrons. The molecule has 0 radical (unpaired) electrons. The third-order valence-electron chi connectivity index (χ3n) is 14.5. The number of rotatable bonds is 39. The number of carbonyl (C=O) groups excluding carboxylic acids is 10. The van der Waals surface area contributed by atoms with E-state index in [2.05, 4.69) is 58.2 Å². The van der Waals surface area contributed by atoms with Crippen LogP contribution in [0, 0.1) is 29.6 Å². The second kappa shape index (κ2) is 37.6. The first-order valence-electron chi connectivity index (χ1n) is 29.4. The maximum Gasteiger partial charge on any atom is 0.328 e. The lowest BCUT2D eigenvalue weighted by atomic mass is 9.95. The average molecular weight is 1230 g/mol. The van der Waals surface area contributed by atoms with E-state index in [-0.39, 0.29) is 43.4 Å². The van der Waals surface area contributed by atoms with Gasteiger partial charge in [-0.25, -0.2) is 4.79 Å². The number of aliphatic hydroxyl groups excluding tert-OH is 3. The Morgan fingerprint density at radius 2 is 0.860 bits per heavy atom. The summed E-state index contributed by atoms with van der Waals surface area (Å²) in [6.45, 7) is 16.0. The van der Waals surface area contributed by atoms with Gasteiger partial charge in [0.15, 0.2) is 0 Å². The molecular weight excluding hydrogens is 1140 g/mol. The molecule has 2 aromatic rings. The number of thioether (sulfide) groups is 1. The summed E-state index contributed by atoms with van der Waals surface area (Å²) in [6, 6.07) is -7.87. The molecule has 17 N–H and O–H groups in total. The topological polar surface area (TPSA) is 431 Å². The molecule has 0 aliphatic heterocycles. The van der Waals surface area contributed by atoms with Crippen molar-refractivity contribution in [2.24, 2.45) is 35.3 Å². The van der Waals surface area contributed by atoms with Crippen molar-refractivity contribution in [1.29, 1.82) is 0 Å².